The summed E-state index contributed by atoms with van der Waals surface area (Å²) in [6, 6.07) is 5.37. The van der Waals surface area contributed by atoms with Crippen molar-refractivity contribution >= 4 is 23.2 Å². The summed E-state index contributed by atoms with van der Waals surface area (Å²) in [5.74, 6) is 2.13. The minimum absolute atomic E-state index is 0.485. The van der Waals surface area contributed by atoms with Gasteiger partial charge in [-0.1, -0.05) is 23.2 Å². The SMILES string of the molecule is Cc1nc(C[C@@H]2CCCOC2)n(-c2cc(Cl)ccc2Cl)n1. The fraction of sp³-hybridized carbons (Fsp3) is 0.467. The van der Waals surface area contributed by atoms with Crippen molar-refractivity contribution in [3.05, 3.63) is 39.9 Å². The highest BCUT2D eigenvalue weighted by Gasteiger charge is 2.20. The van der Waals surface area contributed by atoms with Crippen molar-refractivity contribution in [2.45, 2.75) is 26.2 Å². The summed E-state index contributed by atoms with van der Waals surface area (Å²) in [6.45, 7) is 3.54. The summed E-state index contributed by atoms with van der Waals surface area (Å²) >= 11 is 12.4. The highest BCUT2D eigenvalue weighted by atomic mass is 35.5. The predicted molar refractivity (Wildman–Crippen MR) is 83.4 cm³/mol. The highest BCUT2D eigenvalue weighted by molar-refractivity contribution is 6.34. The van der Waals surface area contributed by atoms with Crippen LogP contribution in [0.5, 0.6) is 0 Å². The van der Waals surface area contributed by atoms with E-state index in [0.717, 1.165) is 49.8 Å². The van der Waals surface area contributed by atoms with Crippen LogP contribution in [0.25, 0.3) is 5.69 Å². The maximum atomic E-state index is 6.28. The minimum atomic E-state index is 0.485. The lowest BCUT2D eigenvalue weighted by molar-refractivity contribution is 0.0541. The zero-order valence-electron chi connectivity index (χ0n) is 11.9. The van der Waals surface area contributed by atoms with Gasteiger partial charge in [-0.3, -0.25) is 0 Å². The molecule has 0 bridgehead atoms. The number of ether oxygens (including phenoxy) is 1. The molecule has 0 radical (unpaired) electrons. The van der Waals surface area contributed by atoms with Gasteiger partial charge in [0.1, 0.15) is 11.6 Å². The van der Waals surface area contributed by atoms with E-state index in [1.54, 1.807) is 16.8 Å². The standard InChI is InChI=1S/C15H17Cl2N3O/c1-10-18-15(7-11-3-2-6-21-9-11)20(19-10)14-8-12(16)4-5-13(14)17/h4-5,8,11H,2-3,6-7,9H2,1H3/t11-/m0/s1. The Morgan fingerprint density at radius 2 is 2.24 bits per heavy atom. The average molecular weight is 326 g/mol. The molecule has 1 aliphatic rings. The largest absolute Gasteiger partial charge is 0.381 e. The monoisotopic (exact) mass is 325 g/mol. The lowest BCUT2D eigenvalue weighted by Crippen LogP contribution is -2.21. The Labute approximate surface area is 134 Å². The molecule has 1 aromatic carbocycles. The lowest BCUT2D eigenvalue weighted by Gasteiger charge is -2.21. The zero-order chi connectivity index (χ0) is 14.8. The molecule has 0 spiro atoms. The quantitative estimate of drug-likeness (QED) is 0.860. The van der Waals surface area contributed by atoms with Gasteiger partial charge < -0.3 is 4.74 Å². The first-order valence-corrected chi connectivity index (χ1v) is 7.85. The van der Waals surface area contributed by atoms with Crippen molar-refractivity contribution < 1.29 is 4.74 Å². The number of benzene rings is 1. The molecule has 1 aromatic heterocycles. The maximum absolute atomic E-state index is 6.28. The molecule has 2 aromatic rings. The van der Waals surface area contributed by atoms with Gasteiger partial charge in [-0.15, -0.1) is 0 Å². The second-order valence-electron chi connectivity index (χ2n) is 5.37. The Morgan fingerprint density at radius 3 is 3.00 bits per heavy atom. The van der Waals surface area contributed by atoms with E-state index in [1.165, 1.54) is 0 Å². The van der Waals surface area contributed by atoms with E-state index < -0.39 is 0 Å². The van der Waals surface area contributed by atoms with Crippen molar-refractivity contribution in [2.75, 3.05) is 13.2 Å². The Morgan fingerprint density at radius 1 is 1.38 bits per heavy atom. The number of nitrogens with zero attached hydrogens (tertiary/aromatic N) is 3. The second kappa shape index (κ2) is 6.34. The summed E-state index contributed by atoms with van der Waals surface area (Å²) < 4.78 is 7.35. The lowest BCUT2D eigenvalue weighted by atomic mass is 9.98. The fourth-order valence-corrected chi connectivity index (χ4v) is 3.02. The molecule has 1 fully saturated rings. The van der Waals surface area contributed by atoms with E-state index in [2.05, 4.69) is 10.1 Å². The number of hydrogen-bond acceptors (Lipinski definition) is 3. The third-order valence-electron chi connectivity index (χ3n) is 3.64. The van der Waals surface area contributed by atoms with E-state index in [9.17, 15) is 0 Å². The smallest absolute Gasteiger partial charge is 0.148 e. The highest BCUT2D eigenvalue weighted by Crippen LogP contribution is 2.26. The van der Waals surface area contributed by atoms with Crippen molar-refractivity contribution in [1.29, 1.82) is 0 Å². The minimum Gasteiger partial charge on any atom is -0.381 e. The summed E-state index contributed by atoms with van der Waals surface area (Å²) in [5.41, 5.74) is 0.775. The summed E-state index contributed by atoms with van der Waals surface area (Å²) in [6.07, 6.45) is 3.11. The Balaban J connectivity index is 1.93. The molecule has 0 amide bonds. The molecule has 2 heterocycles. The molecule has 0 saturated carbocycles. The van der Waals surface area contributed by atoms with Crippen molar-refractivity contribution in [3.8, 4) is 5.69 Å². The second-order valence-corrected chi connectivity index (χ2v) is 6.21. The van der Waals surface area contributed by atoms with Crippen LogP contribution in [0.3, 0.4) is 0 Å². The molecule has 0 unspecified atom stereocenters. The van der Waals surface area contributed by atoms with E-state index >= 15 is 0 Å². The Kier molecular flexibility index (Phi) is 4.48. The van der Waals surface area contributed by atoms with Gasteiger partial charge >= 0.3 is 0 Å². The van der Waals surface area contributed by atoms with Gasteiger partial charge in [0.2, 0.25) is 0 Å². The van der Waals surface area contributed by atoms with Gasteiger partial charge in [0, 0.05) is 24.7 Å². The van der Waals surface area contributed by atoms with Gasteiger partial charge in [-0.05, 0) is 43.9 Å². The zero-order valence-corrected chi connectivity index (χ0v) is 13.4. The van der Waals surface area contributed by atoms with Gasteiger partial charge in [0.25, 0.3) is 0 Å². The van der Waals surface area contributed by atoms with Crippen LogP contribution in [0.4, 0.5) is 0 Å². The third-order valence-corrected chi connectivity index (χ3v) is 4.20. The van der Waals surface area contributed by atoms with Crippen LogP contribution in [0.2, 0.25) is 10.0 Å². The first kappa shape index (κ1) is 14.8. The summed E-state index contributed by atoms with van der Waals surface area (Å²) in [4.78, 5) is 4.55. The van der Waals surface area contributed by atoms with Crippen molar-refractivity contribution in [3.63, 3.8) is 0 Å². The maximum Gasteiger partial charge on any atom is 0.148 e. The van der Waals surface area contributed by atoms with E-state index in [1.807, 2.05) is 13.0 Å². The normalized spacial score (nSPS) is 18.9. The third kappa shape index (κ3) is 3.39. The number of rotatable bonds is 3. The van der Waals surface area contributed by atoms with Gasteiger partial charge in [-0.25, -0.2) is 9.67 Å². The molecule has 4 nitrogen and oxygen atoms in total. The van der Waals surface area contributed by atoms with Crippen molar-refractivity contribution in [2.24, 2.45) is 5.92 Å². The van der Waals surface area contributed by atoms with Crippen LogP contribution in [0.15, 0.2) is 18.2 Å². The van der Waals surface area contributed by atoms with Crippen LogP contribution >= 0.6 is 23.2 Å². The van der Waals surface area contributed by atoms with Crippen LogP contribution in [-0.4, -0.2) is 28.0 Å². The number of aromatic nitrogens is 3. The van der Waals surface area contributed by atoms with Crippen molar-refractivity contribution in [1.82, 2.24) is 14.8 Å². The van der Waals surface area contributed by atoms with Crippen LogP contribution in [0, 0.1) is 12.8 Å². The molecule has 112 valence electrons. The molecule has 1 saturated heterocycles. The van der Waals surface area contributed by atoms with Crippen LogP contribution in [-0.2, 0) is 11.2 Å². The average Bonchev–Trinajstić information content (AvgIpc) is 2.83. The van der Waals surface area contributed by atoms with E-state index in [4.69, 9.17) is 27.9 Å². The van der Waals surface area contributed by atoms with E-state index in [-0.39, 0.29) is 0 Å². The molecule has 0 N–H and O–H groups in total. The molecule has 21 heavy (non-hydrogen) atoms. The fourth-order valence-electron chi connectivity index (χ4n) is 2.66. The first-order chi connectivity index (χ1) is 10.1. The Bertz CT molecular complexity index is 636. The molecule has 6 heteroatoms. The van der Waals surface area contributed by atoms with Gasteiger partial charge in [-0.2, -0.15) is 5.10 Å². The van der Waals surface area contributed by atoms with Crippen LogP contribution in [0.1, 0.15) is 24.5 Å². The molecule has 3 rings (SSSR count). The number of hydrogen-bond donors (Lipinski definition) is 0. The van der Waals surface area contributed by atoms with Gasteiger partial charge in [0.15, 0.2) is 0 Å². The predicted octanol–water partition coefficient (Wildman–Crippen LogP) is 3.85. The Hall–Kier alpha value is -1.10. The first-order valence-electron chi connectivity index (χ1n) is 7.09. The van der Waals surface area contributed by atoms with E-state index in [0.29, 0.717) is 16.0 Å². The molecule has 0 aliphatic carbocycles. The molecule has 1 aliphatic heterocycles. The number of halogens is 2. The summed E-state index contributed by atoms with van der Waals surface area (Å²) in [5, 5.41) is 5.72. The molecular weight excluding hydrogens is 309 g/mol. The summed E-state index contributed by atoms with van der Waals surface area (Å²) in [7, 11) is 0. The topological polar surface area (TPSA) is 39.9 Å². The van der Waals surface area contributed by atoms with Gasteiger partial charge in [0.05, 0.1) is 10.7 Å². The molecular formula is C15H17Cl2N3O. The number of aryl methyl sites for hydroxylation is 1. The molecule has 1 atom stereocenters. The van der Waals surface area contributed by atoms with Crippen LogP contribution < -0.4 is 0 Å².